The van der Waals surface area contributed by atoms with Crippen LogP contribution in [0.1, 0.15) is 42.7 Å². The van der Waals surface area contributed by atoms with Crippen LogP contribution in [0.5, 0.6) is 5.75 Å². The van der Waals surface area contributed by atoms with Crippen molar-refractivity contribution in [3.8, 4) is 5.75 Å². The van der Waals surface area contributed by atoms with E-state index >= 15 is 0 Å². The van der Waals surface area contributed by atoms with Gasteiger partial charge in [-0.1, -0.05) is 78.9 Å². The van der Waals surface area contributed by atoms with Gasteiger partial charge in [-0.15, -0.1) is 11.8 Å². The average Bonchev–Trinajstić information content (AvgIpc) is 3.12. The van der Waals surface area contributed by atoms with Gasteiger partial charge in [0.15, 0.2) is 0 Å². The van der Waals surface area contributed by atoms with Crippen LogP contribution in [0.15, 0.2) is 138 Å². The summed E-state index contributed by atoms with van der Waals surface area (Å²) in [5.41, 5.74) is 3.33. The third kappa shape index (κ3) is 9.03. The second-order valence-corrected chi connectivity index (χ2v) is 12.0. The summed E-state index contributed by atoms with van der Waals surface area (Å²) < 4.78 is 5.45. The largest absolute Gasteiger partial charge is 0.496 e. The predicted molar refractivity (Wildman–Crippen MR) is 192 cm³/mol. The Morgan fingerprint density at radius 1 is 0.755 bits per heavy atom. The van der Waals surface area contributed by atoms with Crippen LogP contribution in [0.25, 0.3) is 6.08 Å². The minimum Gasteiger partial charge on any atom is -0.496 e. The summed E-state index contributed by atoms with van der Waals surface area (Å²) in [6, 6.07) is 36.5. The fourth-order valence-electron chi connectivity index (χ4n) is 4.85. The first-order chi connectivity index (χ1) is 23.7. The smallest absolute Gasteiger partial charge is 0.335 e. The molecule has 0 heterocycles. The maximum atomic E-state index is 13.7. The van der Waals surface area contributed by atoms with Crippen LogP contribution >= 0.6 is 11.8 Å². The number of para-hydroxylation sites is 1. The van der Waals surface area contributed by atoms with Crippen molar-refractivity contribution in [3.63, 3.8) is 0 Å². The van der Waals surface area contributed by atoms with Crippen molar-refractivity contribution in [1.29, 1.82) is 0 Å². The number of ether oxygens (including phenoxy) is 1. The van der Waals surface area contributed by atoms with Gasteiger partial charge in [0.2, 0.25) is 5.91 Å². The highest BCUT2D eigenvalue weighted by Crippen LogP contribution is 2.37. The summed E-state index contributed by atoms with van der Waals surface area (Å²) in [6.45, 7) is 1.79. The number of carbonyl (C=O) groups is 4. The van der Waals surface area contributed by atoms with Gasteiger partial charge in [0.25, 0.3) is 11.8 Å². The van der Waals surface area contributed by atoms with E-state index in [2.05, 4.69) is 16.0 Å². The lowest BCUT2D eigenvalue weighted by Crippen LogP contribution is -2.30. The van der Waals surface area contributed by atoms with Crippen LogP contribution < -0.4 is 20.7 Å². The number of rotatable bonds is 12. The number of nitrogens with one attached hydrogen (secondary N) is 3. The molecular weight excluding hydrogens is 639 g/mol. The summed E-state index contributed by atoms with van der Waals surface area (Å²) in [5.74, 6) is -1.94. The number of amides is 3. The Kier molecular flexibility index (Phi) is 11.3. The highest BCUT2D eigenvalue weighted by atomic mass is 32.2. The van der Waals surface area contributed by atoms with E-state index in [1.54, 1.807) is 91.9 Å². The van der Waals surface area contributed by atoms with Gasteiger partial charge in [-0.05, 0) is 72.7 Å². The molecule has 0 fully saturated rings. The van der Waals surface area contributed by atoms with E-state index in [9.17, 15) is 24.3 Å². The number of carboxylic acid groups (broad SMARTS) is 1. The zero-order valence-electron chi connectivity index (χ0n) is 26.7. The van der Waals surface area contributed by atoms with Crippen LogP contribution in [0.3, 0.4) is 0 Å². The standard InChI is InChI=1S/C39H33N3O6S/c1-25-20-21-29(39(46)47)23-32(25)41-38(45)35(26-12-5-3-6-13-26)49-31-18-11-17-30(24-31)40-37(44)33(22-28-16-9-10-19-34(28)48-2)42-36(43)27-14-7-4-8-15-27/h3-24,35H,1-2H3,(H,40,44)(H,41,45)(H,42,43)(H,46,47)/b33-22+. The summed E-state index contributed by atoms with van der Waals surface area (Å²) in [4.78, 5) is 52.8. The molecule has 5 aromatic rings. The second-order valence-electron chi connectivity index (χ2n) is 10.8. The molecule has 4 N–H and O–H groups in total. The Bertz CT molecular complexity index is 2010. The molecule has 0 aliphatic carbocycles. The maximum absolute atomic E-state index is 13.7. The molecule has 5 rings (SSSR count). The van der Waals surface area contributed by atoms with Crippen molar-refractivity contribution < 1.29 is 29.0 Å². The van der Waals surface area contributed by atoms with Crippen molar-refractivity contribution >= 4 is 52.9 Å². The van der Waals surface area contributed by atoms with Gasteiger partial charge in [-0.3, -0.25) is 14.4 Å². The molecule has 5 aromatic carbocycles. The lowest BCUT2D eigenvalue weighted by molar-refractivity contribution is -0.116. The summed E-state index contributed by atoms with van der Waals surface area (Å²) in [5, 5.41) is 17.2. The number of carboxylic acids is 1. The van der Waals surface area contributed by atoms with Crippen molar-refractivity contribution in [2.24, 2.45) is 0 Å². The average molecular weight is 672 g/mol. The number of methoxy groups -OCH3 is 1. The molecule has 0 bridgehead atoms. The molecule has 246 valence electrons. The molecule has 0 spiro atoms. The lowest BCUT2D eigenvalue weighted by atomic mass is 10.1. The molecule has 49 heavy (non-hydrogen) atoms. The number of hydrogen-bond acceptors (Lipinski definition) is 6. The van der Waals surface area contributed by atoms with E-state index in [1.165, 1.54) is 31.0 Å². The zero-order valence-corrected chi connectivity index (χ0v) is 27.5. The Labute approximate surface area is 288 Å². The van der Waals surface area contributed by atoms with Crippen molar-refractivity contribution in [3.05, 3.63) is 161 Å². The molecule has 0 saturated carbocycles. The topological polar surface area (TPSA) is 134 Å². The van der Waals surface area contributed by atoms with E-state index in [-0.39, 0.29) is 17.2 Å². The first-order valence-corrected chi connectivity index (χ1v) is 16.1. The number of carbonyl (C=O) groups excluding carboxylic acids is 3. The minimum absolute atomic E-state index is 0.00286. The monoisotopic (exact) mass is 671 g/mol. The highest BCUT2D eigenvalue weighted by Gasteiger charge is 2.24. The molecule has 10 heteroatoms. The fraction of sp³-hybridized carbons (Fsp3) is 0.0769. The molecule has 0 aromatic heterocycles. The molecule has 1 unspecified atom stereocenters. The van der Waals surface area contributed by atoms with Crippen molar-refractivity contribution in [2.45, 2.75) is 17.1 Å². The minimum atomic E-state index is -1.09. The van der Waals surface area contributed by atoms with Gasteiger partial charge in [0, 0.05) is 27.4 Å². The van der Waals surface area contributed by atoms with Gasteiger partial charge < -0.3 is 25.8 Å². The van der Waals surface area contributed by atoms with Gasteiger partial charge in [-0.2, -0.15) is 0 Å². The van der Waals surface area contributed by atoms with Crippen molar-refractivity contribution in [2.75, 3.05) is 17.7 Å². The van der Waals surface area contributed by atoms with Crippen LogP contribution in [-0.2, 0) is 9.59 Å². The lowest BCUT2D eigenvalue weighted by Gasteiger charge is -2.19. The molecule has 0 aliphatic rings. The summed E-state index contributed by atoms with van der Waals surface area (Å²) in [7, 11) is 1.52. The molecule has 0 radical (unpaired) electrons. The van der Waals surface area contributed by atoms with E-state index in [0.717, 1.165) is 11.1 Å². The number of benzene rings is 5. The maximum Gasteiger partial charge on any atom is 0.335 e. The Hall–Kier alpha value is -6.13. The van der Waals surface area contributed by atoms with Gasteiger partial charge in [0.1, 0.15) is 16.7 Å². The summed E-state index contributed by atoms with van der Waals surface area (Å²) >= 11 is 1.27. The Balaban J connectivity index is 1.40. The SMILES string of the molecule is COc1ccccc1/C=C(/NC(=O)c1ccccc1)C(=O)Nc1cccc(SC(C(=O)Nc2cc(C(=O)O)ccc2C)c2ccccc2)c1. The summed E-state index contributed by atoms with van der Waals surface area (Å²) in [6.07, 6.45) is 1.55. The third-order valence-electron chi connectivity index (χ3n) is 7.40. The van der Waals surface area contributed by atoms with E-state index in [0.29, 0.717) is 33.1 Å². The first kappa shape index (κ1) is 34.2. The zero-order chi connectivity index (χ0) is 34.8. The van der Waals surface area contributed by atoms with Crippen molar-refractivity contribution in [1.82, 2.24) is 5.32 Å². The quantitative estimate of drug-likeness (QED) is 0.0794. The van der Waals surface area contributed by atoms with Crippen LogP contribution in [0.4, 0.5) is 11.4 Å². The van der Waals surface area contributed by atoms with Crippen LogP contribution in [0, 0.1) is 6.92 Å². The molecular formula is C39H33N3O6S. The Morgan fingerprint density at radius 2 is 1.45 bits per heavy atom. The number of aryl methyl sites for hydroxylation is 1. The first-order valence-electron chi connectivity index (χ1n) is 15.2. The molecule has 1 atom stereocenters. The number of anilines is 2. The van der Waals surface area contributed by atoms with Crippen LogP contribution in [-0.4, -0.2) is 35.9 Å². The van der Waals surface area contributed by atoms with Gasteiger partial charge in [0.05, 0.1) is 12.7 Å². The molecule has 0 aliphatic heterocycles. The van der Waals surface area contributed by atoms with E-state index in [4.69, 9.17) is 4.74 Å². The normalized spacial score (nSPS) is 11.6. The van der Waals surface area contributed by atoms with E-state index in [1.807, 2.05) is 36.4 Å². The number of thioether (sulfide) groups is 1. The van der Waals surface area contributed by atoms with Crippen LogP contribution in [0.2, 0.25) is 0 Å². The van der Waals surface area contributed by atoms with E-state index < -0.39 is 23.0 Å². The number of aromatic carboxylic acids is 1. The third-order valence-corrected chi connectivity index (χ3v) is 8.64. The highest BCUT2D eigenvalue weighted by molar-refractivity contribution is 8.00. The Morgan fingerprint density at radius 3 is 2.16 bits per heavy atom. The van der Waals surface area contributed by atoms with Gasteiger partial charge >= 0.3 is 5.97 Å². The molecule has 9 nitrogen and oxygen atoms in total. The number of hydrogen-bond donors (Lipinski definition) is 4. The molecule has 3 amide bonds. The fourth-order valence-corrected chi connectivity index (χ4v) is 5.94. The predicted octanol–water partition coefficient (Wildman–Crippen LogP) is 7.58. The molecule has 0 saturated heterocycles. The van der Waals surface area contributed by atoms with Gasteiger partial charge in [-0.25, -0.2) is 4.79 Å². The second kappa shape index (κ2) is 16.1.